The fraction of sp³-hybridized carbons (Fsp3) is 0.550. The molecule has 2 amide bonds. The van der Waals surface area contributed by atoms with Gasteiger partial charge in [0.2, 0.25) is 0 Å². The fourth-order valence-electron chi connectivity index (χ4n) is 7.63. The van der Waals surface area contributed by atoms with E-state index in [9.17, 15) is 14.4 Å². The monoisotopic (exact) mass is 747 g/mol. The van der Waals surface area contributed by atoms with Gasteiger partial charge in [0.25, 0.3) is 17.3 Å². The van der Waals surface area contributed by atoms with Crippen molar-refractivity contribution in [3.05, 3.63) is 63.2 Å². The minimum absolute atomic E-state index is 0.00417. The molecular formula is C40H53N5O7S. The molecule has 4 heterocycles. The van der Waals surface area contributed by atoms with Gasteiger partial charge in [0.05, 0.1) is 12.2 Å². The van der Waals surface area contributed by atoms with Crippen molar-refractivity contribution in [3.63, 3.8) is 0 Å². The van der Waals surface area contributed by atoms with Gasteiger partial charge in [-0.1, -0.05) is 0 Å². The van der Waals surface area contributed by atoms with Gasteiger partial charge in [-0.2, -0.15) is 0 Å². The molecular weight excluding hydrogens is 695 g/mol. The zero-order valence-corrected chi connectivity index (χ0v) is 33.1. The lowest BCUT2D eigenvalue weighted by Crippen LogP contribution is -2.48. The predicted octanol–water partition coefficient (Wildman–Crippen LogP) is 6.89. The van der Waals surface area contributed by atoms with Crippen molar-refractivity contribution in [2.45, 2.75) is 122 Å². The molecule has 3 aromatic rings. The second-order valence-corrected chi connectivity index (χ2v) is 16.6. The minimum atomic E-state index is -0.996. The van der Waals surface area contributed by atoms with Crippen LogP contribution in [0.25, 0.3) is 11.1 Å². The Balaban J connectivity index is 1.28. The first kappa shape index (κ1) is 38.5. The van der Waals surface area contributed by atoms with Crippen LogP contribution in [0.5, 0.6) is 11.5 Å². The van der Waals surface area contributed by atoms with Crippen LogP contribution in [-0.4, -0.2) is 71.0 Å². The van der Waals surface area contributed by atoms with Gasteiger partial charge < -0.3 is 39.5 Å². The highest BCUT2D eigenvalue weighted by Gasteiger charge is 2.48. The Morgan fingerprint density at radius 2 is 1.74 bits per heavy atom. The number of hydrogen-bond acceptors (Lipinski definition) is 10. The number of carbonyl (C=O) groups excluding carboxylic acids is 2. The van der Waals surface area contributed by atoms with Gasteiger partial charge >= 0.3 is 6.09 Å². The molecule has 1 saturated carbocycles. The predicted molar refractivity (Wildman–Crippen MR) is 206 cm³/mol. The average Bonchev–Trinajstić information content (AvgIpc) is 3.45. The molecule has 3 aliphatic rings. The van der Waals surface area contributed by atoms with E-state index >= 15 is 0 Å². The smallest absolute Gasteiger partial charge is 0.407 e. The van der Waals surface area contributed by atoms with Gasteiger partial charge in [-0.25, -0.2) is 9.78 Å². The van der Waals surface area contributed by atoms with Crippen LogP contribution in [0.4, 0.5) is 10.6 Å². The number of benzene rings is 1. The Morgan fingerprint density at radius 3 is 2.36 bits per heavy atom. The number of morpholine rings is 1. The normalized spacial score (nSPS) is 24.1. The third kappa shape index (κ3) is 8.62. The van der Waals surface area contributed by atoms with E-state index in [-0.39, 0.29) is 42.2 Å². The number of thioether (sulfide) groups is 1. The number of rotatable bonds is 8. The van der Waals surface area contributed by atoms with E-state index in [1.807, 2.05) is 78.3 Å². The molecule has 13 heteroatoms. The van der Waals surface area contributed by atoms with Gasteiger partial charge in [-0.05, 0) is 105 Å². The Morgan fingerprint density at radius 1 is 1.06 bits per heavy atom. The number of anilines is 1. The number of aromatic amines is 1. The van der Waals surface area contributed by atoms with E-state index in [1.54, 1.807) is 0 Å². The molecule has 3 N–H and O–H groups in total. The lowest BCUT2D eigenvalue weighted by molar-refractivity contribution is -0.121. The second kappa shape index (κ2) is 15.3. The van der Waals surface area contributed by atoms with Crippen molar-refractivity contribution >= 4 is 29.6 Å². The van der Waals surface area contributed by atoms with Crippen LogP contribution in [-0.2, 0) is 16.0 Å². The summed E-state index contributed by atoms with van der Waals surface area (Å²) in [6.45, 7) is 16.9. The molecule has 0 spiro atoms. The fourth-order valence-corrected chi connectivity index (χ4v) is 8.34. The van der Waals surface area contributed by atoms with Crippen LogP contribution >= 0.6 is 11.8 Å². The van der Waals surface area contributed by atoms with E-state index in [2.05, 4.69) is 34.4 Å². The van der Waals surface area contributed by atoms with Crippen LogP contribution in [0.1, 0.15) is 94.4 Å². The zero-order valence-electron chi connectivity index (χ0n) is 32.3. The molecule has 2 aliphatic heterocycles. The van der Waals surface area contributed by atoms with Gasteiger partial charge in [0, 0.05) is 83.1 Å². The van der Waals surface area contributed by atoms with E-state index in [0.717, 1.165) is 60.7 Å². The number of carbonyl (C=O) groups is 2. The van der Waals surface area contributed by atoms with Gasteiger partial charge in [-0.15, -0.1) is 11.8 Å². The maximum atomic E-state index is 14.0. The van der Waals surface area contributed by atoms with Crippen LogP contribution in [0.15, 0.2) is 40.2 Å². The summed E-state index contributed by atoms with van der Waals surface area (Å²) in [5.41, 5.74) is 3.03. The second-order valence-electron chi connectivity index (χ2n) is 15.7. The minimum Gasteiger partial charge on any atom is -0.448 e. The summed E-state index contributed by atoms with van der Waals surface area (Å²) in [5.74, 6) is 0.638. The van der Waals surface area contributed by atoms with E-state index in [0.29, 0.717) is 33.8 Å². The number of pyridine rings is 2. The molecule has 2 aromatic heterocycles. The van der Waals surface area contributed by atoms with Crippen molar-refractivity contribution < 1.29 is 28.5 Å². The van der Waals surface area contributed by atoms with Crippen molar-refractivity contribution in [1.29, 1.82) is 0 Å². The van der Waals surface area contributed by atoms with Crippen LogP contribution in [0.2, 0.25) is 0 Å². The first-order valence-corrected chi connectivity index (χ1v) is 19.7. The number of H-pyrrole nitrogens is 1. The number of amides is 2. The van der Waals surface area contributed by atoms with Crippen molar-refractivity contribution in [3.8, 4) is 22.6 Å². The summed E-state index contributed by atoms with van der Waals surface area (Å²) in [7, 11) is 0. The van der Waals surface area contributed by atoms with Gasteiger partial charge in [-0.3, -0.25) is 9.59 Å². The summed E-state index contributed by atoms with van der Waals surface area (Å²) < 4.78 is 25.0. The largest absolute Gasteiger partial charge is 0.448 e. The first-order valence-electron chi connectivity index (χ1n) is 18.5. The van der Waals surface area contributed by atoms with Crippen LogP contribution in [0.3, 0.4) is 0 Å². The van der Waals surface area contributed by atoms with Gasteiger partial charge in [0.15, 0.2) is 11.5 Å². The molecule has 6 rings (SSSR count). The molecule has 53 heavy (non-hydrogen) atoms. The summed E-state index contributed by atoms with van der Waals surface area (Å²) in [4.78, 5) is 50.0. The number of hydrogen-bond donors (Lipinski definition) is 3. The molecule has 0 bridgehead atoms. The lowest BCUT2D eigenvalue weighted by Gasteiger charge is -2.37. The van der Waals surface area contributed by atoms with E-state index in [1.165, 1.54) is 11.8 Å². The number of aromatic nitrogens is 2. The SMILES string of the molecule is CSc1cc(C)[nH]c(=O)c1CNC(=O)c1cc(-c2ccc(N3C[C@@H](C)O[C@@H](C)C3)nc2)c2c(c1C)OC(C)(C1CCC(NC(=O)OC(C)(C)C)CC1)O2. The molecule has 1 unspecified atom stereocenters. The lowest BCUT2D eigenvalue weighted by atomic mass is 9.81. The molecule has 286 valence electrons. The van der Waals surface area contributed by atoms with E-state index in [4.69, 9.17) is 23.9 Å². The number of alkyl carbamates (subject to hydrolysis) is 1. The molecule has 2 fully saturated rings. The number of ether oxygens (including phenoxy) is 4. The average molecular weight is 748 g/mol. The van der Waals surface area contributed by atoms with E-state index < -0.39 is 17.5 Å². The Labute approximate surface area is 316 Å². The summed E-state index contributed by atoms with van der Waals surface area (Å²) in [6, 6.07) is 7.74. The molecule has 3 atom stereocenters. The number of nitrogens with zero attached hydrogens (tertiary/aromatic N) is 2. The Hall–Kier alpha value is -4.23. The van der Waals surface area contributed by atoms with Crippen LogP contribution < -0.4 is 30.6 Å². The number of fused-ring (bicyclic) bond motifs is 1. The summed E-state index contributed by atoms with van der Waals surface area (Å²) in [5, 5.41) is 6.01. The first-order chi connectivity index (χ1) is 25.0. The molecule has 1 aliphatic carbocycles. The Kier molecular flexibility index (Phi) is 11.1. The van der Waals surface area contributed by atoms with Gasteiger partial charge in [0.1, 0.15) is 11.4 Å². The quantitative estimate of drug-likeness (QED) is 0.209. The molecule has 1 saturated heterocycles. The molecule has 1 aromatic carbocycles. The third-order valence-electron chi connectivity index (χ3n) is 10.2. The number of aryl methyl sites for hydroxylation is 1. The maximum absolute atomic E-state index is 14.0. The third-order valence-corrected chi connectivity index (χ3v) is 11.0. The standard InChI is InChI=1S/C40H53N5O7S/c1-22-16-32(53-9)31(37(47)43-22)19-42-36(46)29-17-30(26-10-15-33(41-18-26)45-20-23(2)49-24(3)21-45)35-34(25(29)4)50-40(8,51-35)27-11-13-28(14-12-27)44-38(48)52-39(5,6)7/h10,15-18,23-24,27-28H,11-14,19-21H2,1-9H3,(H,42,46)(H,43,47)(H,44,48)/t23-,24+,27?,28?,40?. The highest BCUT2D eigenvalue weighted by atomic mass is 32.2. The zero-order chi connectivity index (χ0) is 38.2. The number of nitrogens with one attached hydrogen (secondary N) is 3. The highest BCUT2D eigenvalue weighted by molar-refractivity contribution is 7.98. The van der Waals surface area contributed by atoms with Crippen LogP contribution in [0, 0.1) is 19.8 Å². The maximum Gasteiger partial charge on any atom is 0.407 e. The van der Waals surface area contributed by atoms with Crippen molar-refractivity contribution in [2.75, 3.05) is 24.2 Å². The summed E-state index contributed by atoms with van der Waals surface area (Å²) >= 11 is 1.47. The van der Waals surface area contributed by atoms with Crippen molar-refractivity contribution in [1.82, 2.24) is 20.6 Å². The summed E-state index contributed by atoms with van der Waals surface area (Å²) in [6.07, 6.45) is 6.54. The van der Waals surface area contributed by atoms with Crippen molar-refractivity contribution in [2.24, 2.45) is 5.92 Å². The highest BCUT2D eigenvalue weighted by Crippen LogP contribution is 2.53. The topological polar surface area (TPSA) is 144 Å². The molecule has 12 nitrogen and oxygen atoms in total. The Bertz CT molecular complexity index is 1890. The molecule has 0 radical (unpaired) electrons.